The van der Waals surface area contributed by atoms with Crippen LogP contribution in [-0.2, 0) is 0 Å². The largest absolute Gasteiger partial charge is 0.399 e. The molecular weight excluding hydrogens is 244 g/mol. The zero-order valence-corrected chi connectivity index (χ0v) is 11.1. The van der Waals surface area contributed by atoms with Crippen molar-refractivity contribution < 1.29 is 0 Å². The highest BCUT2D eigenvalue weighted by Crippen LogP contribution is 2.34. The summed E-state index contributed by atoms with van der Waals surface area (Å²) in [6, 6.07) is 24.0. The molecule has 0 bridgehead atoms. The van der Waals surface area contributed by atoms with E-state index in [1.807, 2.05) is 60.7 Å². The molecule has 3 aromatic carbocycles. The van der Waals surface area contributed by atoms with Crippen LogP contribution >= 0.6 is 0 Å². The number of nitrogens with two attached hydrogens (primary N) is 2. The zero-order chi connectivity index (χ0) is 13.9. The minimum atomic E-state index is 0.743. The summed E-state index contributed by atoms with van der Waals surface area (Å²) >= 11 is 0. The molecule has 0 saturated carbocycles. The third-order valence-electron chi connectivity index (χ3n) is 3.39. The van der Waals surface area contributed by atoms with E-state index in [2.05, 4.69) is 12.1 Å². The lowest BCUT2D eigenvalue weighted by Gasteiger charge is -2.12. The van der Waals surface area contributed by atoms with Crippen LogP contribution in [0.15, 0.2) is 72.8 Å². The third kappa shape index (κ3) is 2.24. The molecule has 0 saturated heterocycles. The minimum Gasteiger partial charge on any atom is -0.399 e. The molecule has 0 atom stereocenters. The van der Waals surface area contributed by atoms with Crippen molar-refractivity contribution in [2.24, 2.45) is 0 Å². The van der Waals surface area contributed by atoms with E-state index >= 15 is 0 Å². The first-order chi connectivity index (χ1) is 9.75. The molecule has 0 aromatic heterocycles. The number of nitrogen functional groups attached to an aromatic ring is 2. The fraction of sp³-hybridized carbons (Fsp3) is 0. The molecule has 0 amide bonds. The molecular formula is C18H16N2. The molecule has 0 unspecified atom stereocenters. The average molecular weight is 260 g/mol. The lowest BCUT2D eigenvalue weighted by molar-refractivity contribution is 1.58. The van der Waals surface area contributed by atoms with Crippen molar-refractivity contribution in [2.75, 3.05) is 11.5 Å². The molecule has 3 aromatic rings. The highest BCUT2D eigenvalue weighted by atomic mass is 14.6. The van der Waals surface area contributed by atoms with Gasteiger partial charge in [0, 0.05) is 22.5 Å². The van der Waals surface area contributed by atoms with E-state index < -0.39 is 0 Å². The van der Waals surface area contributed by atoms with Crippen LogP contribution in [0.2, 0.25) is 0 Å². The second kappa shape index (κ2) is 5.10. The van der Waals surface area contributed by atoms with Gasteiger partial charge < -0.3 is 11.5 Å². The maximum atomic E-state index is 6.36. The Labute approximate surface area is 118 Å². The molecule has 4 N–H and O–H groups in total. The molecule has 0 aliphatic carbocycles. The van der Waals surface area contributed by atoms with Gasteiger partial charge in [-0.15, -0.1) is 0 Å². The molecule has 0 heterocycles. The number of hydrogen-bond donors (Lipinski definition) is 2. The molecule has 0 fully saturated rings. The van der Waals surface area contributed by atoms with E-state index in [4.69, 9.17) is 11.5 Å². The number of hydrogen-bond acceptors (Lipinski definition) is 2. The first kappa shape index (κ1) is 12.3. The van der Waals surface area contributed by atoms with Crippen LogP contribution in [0.25, 0.3) is 22.3 Å². The van der Waals surface area contributed by atoms with Crippen LogP contribution in [0, 0.1) is 0 Å². The number of para-hydroxylation sites is 1. The number of anilines is 2. The summed E-state index contributed by atoms with van der Waals surface area (Å²) < 4.78 is 0. The second-order valence-corrected chi connectivity index (χ2v) is 4.76. The van der Waals surface area contributed by atoms with Gasteiger partial charge in [0.05, 0.1) is 0 Å². The summed E-state index contributed by atoms with van der Waals surface area (Å²) in [6.45, 7) is 0. The SMILES string of the molecule is Nc1cccc(-c2cccc(-c3ccccc3)c2N)c1. The Balaban J connectivity index is 2.15. The second-order valence-electron chi connectivity index (χ2n) is 4.76. The van der Waals surface area contributed by atoms with Gasteiger partial charge in [0.15, 0.2) is 0 Å². The van der Waals surface area contributed by atoms with E-state index in [1.54, 1.807) is 0 Å². The summed E-state index contributed by atoms with van der Waals surface area (Å²) in [5, 5.41) is 0. The molecule has 0 spiro atoms. The van der Waals surface area contributed by atoms with Crippen LogP contribution < -0.4 is 11.5 Å². The molecule has 3 rings (SSSR count). The monoisotopic (exact) mass is 260 g/mol. The first-order valence-electron chi connectivity index (χ1n) is 6.55. The molecule has 20 heavy (non-hydrogen) atoms. The van der Waals surface area contributed by atoms with Crippen molar-refractivity contribution in [3.63, 3.8) is 0 Å². The summed E-state index contributed by atoms with van der Waals surface area (Å²) in [4.78, 5) is 0. The Morgan fingerprint density at radius 1 is 0.550 bits per heavy atom. The molecule has 0 radical (unpaired) electrons. The van der Waals surface area contributed by atoms with E-state index in [9.17, 15) is 0 Å². The lowest BCUT2D eigenvalue weighted by Crippen LogP contribution is -1.94. The Hall–Kier alpha value is -2.74. The normalized spacial score (nSPS) is 10.4. The molecule has 0 aliphatic rings. The Bertz CT molecular complexity index is 733. The van der Waals surface area contributed by atoms with Crippen molar-refractivity contribution in [3.8, 4) is 22.3 Å². The fourth-order valence-corrected chi connectivity index (χ4v) is 2.39. The first-order valence-corrected chi connectivity index (χ1v) is 6.55. The van der Waals surface area contributed by atoms with Gasteiger partial charge in [-0.25, -0.2) is 0 Å². The molecule has 98 valence electrons. The van der Waals surface area contributed by atoms with Crippen LogP contribution in [0.3, 0.4) is 0 Å². The van der Waals surface area contributed by atoms with Crippen LogP contribution in [0.1, 0.15) is 0 Å². The van der Waals surface area contributed by atoms with Crippen molar-refractivity contribution in [1.82, 2.24) is 0 Å². The van der Waals surface area contributed by atoms with E-state index in [0.717, 1.165) is 33.6 Å². The molecule has 2 heteroatoms. The van der Waals surface area contributed by atoms with Crippen LogP contribution in [-0.4, -0.2) is 0 Å². The van der Waals surface area contributed by atoms with Crippen molar-refractivity contribution in [3.05, 3.63) is 72.8 Å². The lowest BCUT2D eigenvalue weighted by atomic mass is 9.96. The predicted molar refractivity (Wildman–Crippen MR) is 86.1 cm³/mol. The van der Waals surface area contributed by atoms with Crippen molar-refractivity contribution >= 4 is 11.4 Å². The number of benzene rings is 3. The Kier molecular flexibility index (Phi) is 3.13. The predicted octanol–water partition coefficient (Wildman–Crippen LogP) is 4.19. The molecule has 0 aliphatic heterocycles. The maximum absolute atomic E-state index is 6.36. The van der Waals surface area contributed by atoms with Gasteiger partial charge in [-0.1, -0.05) is 60.7 Å². The van der Waals surface area contributed by atoms with Crippen LogP contribution in [0.4, 0.5) is 11.4 Å². The Morgan fingerprint density at radius 3 is 1.85 bits per heavy atom. The van der Waals surface area contributed by atoms with Gasteiger partial charge in [0.2, 0.25) is 0 Å². The highest BCUT2D eigenvalue weighted by Gasteiger charge is 2.08. The van der Waals surface area contributed by atoms with Gasteiger partial charge in [0.1, 0.15) is 0 Å². The van der Waals surface area contributed by atoms with Crippen molar-refractivity contribution in [1.29, 1.82) is 0 Å². The summed E-state index contributed by atoms with van der Waals surface area (Å²) in [7, 11) is 0. The Morgan fingerprint density at radius 2 is 1.15 bits per heavy atom. The van der Waals surface area contributed by atoms with Gasteiger partial charge in [-0.3, -0.25) is 0 Å². The van der Waals surface area contributed by atoms with E-state index in [-0.39, 0.29) is 0 Å². The number of rotatable bonds is 2. The molecule has 2 nitrogen and oxygen atoms in total. The van der Waals surface area contributed by atoms with Gasteiger partial charge in [-0.05, 0) is 23.3 Å². The minimum absolute atomic E-state index is 0.743. The van der Waals surface area contributed by atoms with E-state index in [1.165, 1.54) is 0 Å². The quantitative estimate of drug-likeness (QED) is 0.679. The highest BCUT2D eigenvalue weighted by molar-refractivity contribution is 5.89. The summed E-state index contributed by atoms with van der Waals surface area (Å²) in [5.74, 6) is 0. The van der Waals surface area contributed by atoms with Crippen LogP contribution in [0.5, 0.6) is 0 Å². The van der Waals surface area contributed by atoms with Crippen molar-refractivity contribution in [2.45, 2.75) is 0 Å². The third-order valence-corrected chi connectivity index (χ3v) is 3.39. The summed E-state index contributed by atoms with van der Waals surface area (Å²) in [6.07, 6.45) is 0. The average Bonchev–Trinajstić information content (AvgIpc) is 2.48. The summed E-state index contributed by atoms with van der Waals surface area (Å²) in [5.41, 5.74) is 18.0. The fourth-order valence-electron chi connectivity index (χ4n) is 2.39. The van der Waals surface area contributed by atoms with E-state index in [0.29, 0.717) is 0 Å². The standard InChI is InChI=1S/C18H16N2/c19-15-9-4-8-14(12-15)17-11-5-10-16(18(17)20)13-6-2-1-3-7-13/h1-12H,19-20H2. The van der Waals surface area contributed by atoms with Gasteiger partial charge in [-0.2, -0.15) is 0 Å². The zero-order valence-electron chi connectivity index (χ0n) is 11.1. The van der Waals surface area contributed by atoms with Gasteiger partial charge >= 0.3 is 0 Å². The van der Waals surface area contributed by atoms with Gasteiger partial charge in [0.25, 0.3) is 0 Å². The topological polar surface area (TPSA) is 52.0 Å². The maximum Gasteiger partial charge on any atom is 0.0473 e. The smallest absolute Gasteiger partial charge is 0.0473 e.